The van der Waals surface area contributed by atoms with E-state index in [1.807, 2.05) is 7.05 Å². The normalized spacial score (nSPS) is 15.6. The van der Waals surface area contributed by atoms with Gasteiger partial charge in [-0.3, -0.25) is 9.59 Å². The van der Waals surface area contributed by atoms with Gasteiger partial charge < -0.3 is 19.9 Å². The molecule has 2 rings (SSSR count). The Labute approximate surface area is 147 Å². The summed E-state index contributed by atoms with van der Waals surface area (Å²) in [7, 11) is 3.30. The first-order valence-corrected chi connectivity index (χ1v) is 8.23. The molecule has 1 aliphatic rings. The number of esters is 1. The number of methoxy groups -OCH3 is 1. The minimum Gasteiger partial charge on any atom is -0.465 e. The molecule has 0 radical (unpaired) electrons. The van der Waals surface area contributed by atoms with E-state index in [4.69, 9.17) is 0 Å². The van der Waals surface area contributed by atoms with Crippen molar-refractivity contribution in [1.82, 2.24) is 9.80 Å². The number of rotatable bonds is 4. The van der Waals surface area contributed by atoms with E-state index >= 15 is 0 Å². The molecule has 1 fully saturated rings. The number of hydrogen-bond acceptors (Lipinski definition) is 5. The monoisotopic (exact) mass is 347 g/mol. The SMILES string of the molecule is COC(=O)c1cccc(NC(=O)C(C)(C)C(=O)N2CCN(C)CC2)c1. The van der Waals surface area contributed by atoms with Crippen molar-refractivity contribution in [3.8, 4) is 0 Å². The number of nitrogens with one attached hydrogen (secondary N) is 1. The molecule has 1 aliphatic heterocycles. The molecule has 0 spiro atoms. The van der Waals surface area contributed by atoms with Crippen molar-refractivity contribution in [3.63, 3.8) is 0 Å². The van der Waals surface area contributed by atoms with Gasteiger partial charge in [-0.15, -0.1) is 0 Å². The Bertz CT molecular complexity index is 664. The third-order valence-electron chi connectivity index (χ3n) is 4.43. The fourth-order valence-electron chi connectivity index (χ4n) is 2.63. The summed E-state index contributed by atoms with van der Waals surface area (Å²) < 4.78 is 4.67. The Morgan fingerprint density at radius 1 is 1.12 bits per heavy atom. The number of hydrogen-bond donors (Lipinski definition) is 1. The Morgan fingerprint density at radius 3 is 2.36 bits per heavy atom. The number of ether oxygens (including phenoxy) is 1. The lowest BCUT2D eigenvalue weighted by atomic mass is 9.89. The third-order valence-corrected chi connectivity index (χ3v) is 4.43. The lowest BCUT2D eigenvalue weighted by Crippen LogP contribution is -2.53. The number of carbonyl (C=O) groups excluding carboxylic acids is 3. The summed E-state index contributed by atoms with van der Waals surface area (Å²) >= 11 is 0. The molecule has 0 atom stereocenters. The van der Waals surface area contributed by atoms with E-state index in [9.17, 15) is 14.4 Å². The van der Waals surface area contributed by atoms with Crippen molar-refractivity contribution in [1.29, 1.82) is 0 Å². The molecule has 0 saturated carbocycles. The lowest BCUT2D eigenvalue weighted by Gasteiger charge is -2.36. The fraction of sp³-hybridized carbons (Fsp3) is 0.500. The quantitative estimate of drug-likeness (QED) is 0.654. The van der Waals surface area contributed by atoms with E-state index < -0.39 is 17.3 Å². The number of benzene rings is 1. The molecule has 136 valence electrons. The van der Waals surface area contributed by atoms with Gasteiger partial charge in [0.25, 0.3) is 0 Å². The molecular formula is C18H25N3O4. The number of nitrogens with zero attached hydrogens (tertiary/aromatic N) is 2. The topological polar surface area (TPSA) is 78.9 Å². The van der Waals surface area contributed by atoms with Gasteiger partial charge >= 0.3 is 5.97 Å². The van der Waals surface area contributed by atoms with Crippen LogP contribution in [0.4, 0.5) is 5.69 Å². The van der Waals surface area contributed by atoms with Crippen molar-refractivity contribution in [2.45, 2.75) is 13.8 Å². The van der Waals surface area contributed by atoms with Crippen LogP contribution < -0.4 is 5.32 Å². The van der Waals surface area contributed by atoms with E-state index in [1.165, 1.54) is 13.2 Å². The summed E-state index contributed by atoms with van der Waals surface area (Å²) in [6.45, 7) is 6.06. The van der Waals surface area contributed by atoms with Gasteiger partial charge in [0.2, 0.25) is 11.8 Å². The van der Waals surface area contributed by atoms with Crippen LogP contribution in [0.25, 0.3) is 0 Å². The zero-order valence-corrected chi connectivity index (χ0v) is 15.2. The molecule has 1 heterocycles. The second-order valence-electron chi connectivity index (χ2n) is 6.75. The molecule has 1 saturated heterocycles. The van der Waals surface area contributed by atoms with E-state index in [1.54, 1.807) is 36.9 Å². The van der Waals surface area contributed by atoms with E-state index in [0.29, 0.717) is 24.3 Å². The minimum absolute atomic E-state index is 0.192. The lowest BCUT2D eigenvalue weighted by molar-refractivity contribution is -0.147. The van der Waals surface area contributed by atoms with Crippen molar-refractivity contribution >= 4 is 23.5 Å². The number of piperazine rings is 1. The van der Waals surface area contributed by atoms with Crippen molar-refractivity contribution < 1.29 is 19.1 Å². The van der Waals surface area contributed by atoms with Crippen molar-refractivity contribution in [2.75, 3.05) is 45.7 Å². The molecule has 25 heavy (non-hydrogen) atoms. The second-order valence-corrected chi connectivity index (χ2v) is 6.75. The largest absolute Gasteiger partial charge is 0.465 e. The van der Waals surface area contributed by atoms with Crippen LogP contribution in [0.5, 0.6) is 0 Å². The van der Waals surface area contributed by atoms with Crippen LogP contribution in [0.15, 0.2) is 24.3 Å². The highest BCUT2D eigenvalue weighted by Gasteiger charge is 2.39. The molecule has 1 aromatic rings. The van der Waals surface area contributed by atoms with Gasteiger partial charge in [-0.2, -0.15) is 0 Å². The summed E-state index contributed by atoms with van der Waals surface area (Å²) in [5, 5.41) is 2.73. The summed E-state index contributed by atoms with van der Waals surface area (Å²) in [5.74, 6) is -1.08. The molecule has 7 nitrogen and oxygen atoms in total. The smallest absolute Gasteiger partial charge is 0.337 e. The number of carbonyl (C=O) groups is 3. The maximum atomic E-state index is 12.8. The maximum Gasteiger partial charge on any atom is 0.337 e. The highest BCUT2D eigenvalue weighted by Crippen LogP contribution is 2.23. The standard InChI is InChI=1S/C18H25N3O4/c1-18(2,17(24)21-10-8-20(3)9-11-21)16(23)19-14-7-5-6-13(12-14)15(22)25-4/h5-7,12H,8-11H2,1-4H3,(H,19,23). The van der Waals surface area contributed by atoms with Crippen LogP contribution in [-0.4, -0.2) is 67.9 Å². The van der Waals surface area contributed by atoms with Crippen LogP contribution in [0.2, 0.25) is 0 Å². The Balaban J connectivity index is 2.08. The average molecular weight is 347 g/mol. The predicted octanol–water partition coefficient (Wildman–Crippen LogP) is 1.21. The fourth-order valence-corrected chi connectivity index (χ4v) is 2.63. The van der Waals surface area contributed by atoms with Gasteiger partial charge in [0, 0.05) is 31.9 Å². The molecule has 7 heteroatoms. The molecule has 0 bridgehead atoms. The van der Waals surface area contributed by atoms with Gasteiger partial charge in [-0.25, -0.2) is 4.79 Å². The summed E-state index contributed by atoms with van der Waals surface area (Å²) in [4.78, 5) is 40.9. The van der Waals surface area contributed by atoms with E-state index in [0.717, 1.165) is 13.1 Å². The zero-order valence-electron chi connectivity index (χ0n) is 15.2. The Morgan fingerprint density at radius 2 is 1.76 bits per heavy atom. The highest BCUT2D eigenvalue weighted by molar-refractivity contribution is 6.10. The van der Waals surface area contributed by atoms with Gasteiger partial charge in [-0.05, 0) is 39.1 Å². The molecular weight excluding hydrogens is 322 g/mol. The van der Waals surface area contributed by atoms with Crippen LogP contribution in [0, 0.1) is 5.41 Å². The number of anilines is 1. The number of likely N-dealkylation sites (N-methyl/N-ethyl adjacent to an activating group) is 1. The predicted molar refractivity (Wildman–Crippen MR) is 94.3 cm³/mol. The molecule has 0 unspecified atom stereocenters. The molecule has 1 aromatic carbocycles. The first-order chi connectivity index (χ1) is 11.8. The summed E-state index contributed by atoms with van der Waals surface area (Å²) in [6, 6.07) is 6.44. The highest BCUT2D eigenvalue weighted by atomic mass is 16.5. The van der Waals surface area contributed by atoms with Crippen LogP contribution in [0.1, 0.15) is 24.2 Å². The molecule has 1 N–H and O–H groups in total. The second kappa shape index (κ2) is 7.65. The van der Waals surface area contributed by atoms with Crippen molar-refractivity contribution in [3.05, 3.63) is 29.8 Å². The molecule has 0 aromatic heterocycles. The van der Waals surface area contributed by atoms with Crippen LogP contribution >= 0.6 is 0 Å². The van der Waals surface area contributed by atoms with Crippen molar-refractivity contribution in [2.24, 2.45) is 5.41 Å². The summed E-state index contributed by atoms with van der Waals surface area (Å²) in [5.41, 5.74) is -0.410. The van der Waals surface area contributed by atoms with E-state index in [-0.39, 0.29) is 5.91 Å². The Kier molecular flexibility index (Phi) is 5.79. The zero-order chi connectivity index (χ0) is 18.6. The van der Waals surface area contributed by atoms with Gasteiger partial charge in [0.1, 0.15) is 5.41 Å². The van der Waals surface area contributed by atoms with Gasteiger partial charge in [0.15, 0.2) is 0 Å². The number of amides is 2. The Hall–Kier alpha value is -2.41. The maximum absolute atomic E-state index is 12.8. The van der Waals surface area contributed by atoms with E-state index in [2.05, 4.69) is 15.0 Å². The molecule has 2 amide bonds. The van der Waals surface area contributed by atoms with Crippen LogP contribution in [-0.2, 0) is 14.3 Å². The average Bonchev–Trinajstić information content (AvgIpc) is 2.61. The van der Waals surface area contributed by atoms with Gasteiger partial charge in [0.05, 0.1) is 12.7 Å². The van der Waals surface area contributed by atoms with Crippen LogP contribution in [0.3, 0.4) is 0 Å². The molecule has 0 aliphatic carbocycles. The minimum atomic E-state index is -1.20. The third kappa shape index (κ3) is 4.36. The van der Waals surface area contributed by atoms with Gasteiger partial charge in [-0.1, -0.05) is 6.07 Å². The summed E-state index contributed by atoms with van der Waals surface area (Å²) in [6.07, 6.45) is 0. The first kappa shape index (κ1) is 18.9. The first-order valence-electron chi connectivity index (χ1n) is 8.23.